The Balaban J connectivity index is 1.62. The first kappa shape index (κ1) is 20.6. The molecule has 0 bridgehead atoms. The van der Waals surface area contributed by atoms with Gasteiger partial charge in [0.05, 0.1) is 17.3 Å². The van der Waals surface area contributed by atoms with E-state index in [1.54, 1.807) is 12.1 Å². The number of benzene rings is 1. The molecule has 0 aliphatic carbocycles. The molecule has 0 radical (unpaired) electrons. The summed E-state index contributed by atoms with van der Waals surface area (Å²) in [4.78, 5) is 31.2. The monoisotopic (exact) mass is 397 g/mol. The number of para-hydroxylation sites is 2. The summed E-state index contributed by atoms with van der Waals surface area (Å²) < 4.78 is 7.07. The van der Waals surface area contributed by atoms with Crippen LogP contribution in [0, 0.1) is 0 Å². The van der Waals surface area contributed by atoms with E-state index in [2.05, 4.69) is 34.4 Å². The van der Waals surface area contributed by atoms with Gasteiger partial charge in [0.25, 0.3) is 5.91 Å². The summed E-state index contributed by atoms with van der Waals surface area (Å²) in [6, 6.07) is 11.1. The summed E-state index contributed by atoms with van der Waals surface area (Å²) in [6.45, 7) is 8.03. The second-order valence-corrected chi connectivity index (χ2v) is 6.63. The van der Waals surface area contributed by atoms with Crippen LogP contribution >= 0.6 is 0 Å². The number of likely N-dealkylation sites (N-methyl/N-ethyl adjacent to an activating group) is 1. The van der Waals surface area contributed by atoms with Gasteiger partial charge in [0.2, 0.25) is 11.9 Å². The number of carbonyl (C=O) groups excluding carboxylic acids is 2. The Morgan fingerprint density at radius 1 is 1.14 bits per heavy atom. The molecule has 2 heterocycles. The Hall–Kier alpha value is -3.13. The van der Waals surface area contributed by atoms with Crippen LogP contribution in [0.1, 0.15) is 30.8 Å². The minimum Gasteiger partial charge on any atom is -0.459 e. The lowest BCUT2D eigenvalue weighted by molar-refractivity contribution is -0.116. The van der Waals surface area contributed by atoms with E-state index >= 15 is 0 Å². The Bertz CT molecular complexity index is 945. The summed E-state index contributed by atoms with van der Waals surface area (Å²) in [6.07, 6.45) is 1.58. The number of aromatic nitrogens is 2. The maximum Gasteiger partial charge on any atom is 0.286 e. The van der Waals surface area contributed by atoms with Crippen LogP contribution in [0.15, 0.2) is 47.1 Å². The van der Waals surface area contributed by atoms with Crippen molar-refractivity contribution in [2.24, 2.45) is 0 Å². The molecule has 0 saturated heterocycles. The fourth-order valence-electron chi connectivity index (χ4n) is 3.15. The molecule has 2 N–H and O–H groups in total. The zero-order chi connectivity index (χ0) is 20.6. The summed E-state index contributed by atoms with van der Waals surface area (Å²) in [5, 5.41) is 5.56. The zero-order valence-electron chi connectivity index (χ0n) is 16.9. The smallest absolute Gasteiger partial charge is 0.286 e. The van der Waals surface area contributed by atoms with E-state index in [4.69, 9.17) is 4.42 Å². The van der Waals surface area contributed by atoms with Crippen molar-refractivity contribution < 1.29 is 14.0 Å². The molecule has 29 heavy (non-hydrogen) atoms. The predicted octanol–water partition coefficient (Wildman–Crippen LogP) is 2.73. The number of rotatable bonds is 10. The first-order valence-corrected chi connectivity index (χ1v) is 9.91. The first-order chi connectivity index (χ1) is 14.1. The highest BCUT2D eigenvalue weighted by Gasteiger charge is 2.14. The molecule has 0 aliphatic heterocycles. The van der Waals surface area contributed by atoms with Crippen molar-refractivity contribution in [3.8, 4) is 0 Å². The molecule has 0 atom stereocenters. The van der Waals surface area contributed by atoms with Gasteiger partial charge in [-0.3, -0.25) is 14.9 Å². The second kappa shape index (κ2) is 9.88. The van der Waals surface area contributed by atoms with Crippen LogP contribution < -0.4 is 10.6 Å². The molecular formula is C21H27N5O3. The standard InChI is InChI=1S/C21H27N5O3/c1-3-25(4-2)13-14-26-17-9-6-5-8-16(17)23-21(26)24-19(27)11-12-22-20(28)18-10-7-15-29-18/h5-10,15H,3-4,11-14H2,1-2H3,(H,22,28)(H,23,24,27). The van der Waals surface area contributed by atoms with Gasteiger partial charge in [0.1, 0.15) is 0 Å². The number of fused-ring (bicyclic) bond motifs is 1. The summed E-state index contributed by atoms with van der Waals surface area (Å²) in [5.41, 5.74) is 1.83. The van der Waals surface area contributed by atoms with Gasteiger partial charge >= 0.3 is 0 Å². The van der Waals surface area contributed by atoms with Crippen molar-refractivity contribution >= 4 is 28.8 Å². The first-order valence-electron chi connectivity index (χ1n) is 9.91. The van der Waals surface area contributed by atoms with Crippen molar-refractivity contribution in [1.82, 2.24) is 19.8 Å². The molecule has 0 aliphatic rings. The van der Waals surface area contributed by atoms with Crippen molar-refractivity contribution in [2.75, 3.05) is 31.5 Å². The van der Waals surface area contributed by atoms with Gasteiger partial charge in [-0.1, -0.05) is 26.0 Å². The minimum absolute atomic E-state index is 0.145. The number of amides is 2. The van der Waals surface area contributed by atoms with Crippen LogP contribution in [0.3, 0.4) is 0 Å². The number of nitrogens with zero attached hydrogens (tertiary/aromatic N) is 3. The third kappa shape index (κ3) is 5.23. The number of imidazole rings is 1. The molecule has 0 fully saturated rings. The summed E-state index contributed by atoms with van der Waals surface area (Å²) in [5.74, 6) is 0.211. The Morgan fingerprint density at radius 2 is 1.93 bits per heavy atom. The lowest BCUT2D eigenvalue weighted by Crippen LogP contribution is -2.29. The Kier molecular flexibility index (Phi) is 7.02. The van der Waals surface area contributed by atoms with Crippen LogP contribution in [0.5, 0.6) is 0 Å². The van der Waals surface area contributed by atoms with Crippen molar-refractivity contribution in [3.63, 3.8) is 0 Å². The normalized spacial score (nSPS) is 11.1. The Morgan fingerprint density at radius 3 is 2.66 bits per heavy atom. The number of carbonyl (C=O) groups is 2. The van der Waals surface area contributed by atoms with E-state index in [-0.39, 0.29) is 30.5 Å². The van der Waals surface area contributed by atoms with Gasteiger partial charge in [0.15, 0.2) is 5.76 Å². The van der Waals surface area contributed by atoms with E-state index in [1.165, 1.54) is 6.26 Å². The molecule has 0 spiro atoms. The number of nitrogens with one attached hydrogen (secondary N) is 2. The van der Waals surface area contributed by atoms with Gasteiger partial charge < -0.3 is 19.2 Å². The van der Waals surface area contributed by atoms with Crippen LogP contribution in [-0.4, -0.2) is 52.4 Å². The van der Waals surface area contributed by atoms with E-state index in [0.717, 1.165) is 37.2 Å². The third-order valence-electron chi connectivity index (χ3n) is 4.82. The molecule has 0 unspecified atom stereocenters. The molecule has 3 aromatic rings. The van der Waals surface area contributed by atoms with E-state index in [0.29, 0.717) is 5.95 Å². The molecule has 8 nitrogen and oxygen atoms in total. The SMILES string of the molecule is CCN(CC)CCn1c(NC(=O)CCNC(=O)c2ccco2)nc2ccccc21. The van der Waals surface area contributed by atoms with Crippen LogP contribution in [0.4, 0.5) is 5.95 Å². The van der Waals surface area contributed by atoms with Gasteiger partial charge in [-0.05, 0) is 37.4 Å². The predicted molar refractivity (Wildman–Crippen MR) is 112 cm³/mol. The summed E-state index contributed by atoms with van der Waals surface area (Å²) in [7, 11) is 0. The molecule has 0 saturated carbocycles. The molecule has 8 heteroatoms. The topological polar surface area (TPSA) is 92.4 Å². The number of furan rings is 1. The van der Waals surface area contributed by atoms with Crippen LogP contribution in [-0.2, 0) is 11.3 Å². The van der Waals surface area contributed by atoms with E-state index < -0.39 is 0 Å². The van der Waals surface area contributed by atoms with Crippen molar-refractivity contribution in [2.45, 2.75) is 26.8 Å². The number of hydrogen-bond donors (Lipinski definition) is 2. The summed E-state index contributed by atoms with van der Waals surface area (Å²) >= 11 is 0. The van der Waals surface area contributed by atoms with Crippen LogP contribution in [0.2, 0.25) is 0 Å². The fourth-order valence-corrected chi connectivity index (χ4v) is 3.15. The average Bonchev–Trinajstić information content (AvgIpc) is 3.37. The highest BCUT2D eigenvalue weighted by atomic mass is 16.3. The largest absolute Gasteiger partial charge is 0.459 e. The quantitative estimate of drug-likeness (QED) is 0.549. The van der Waals surface area contributed by atoms with E-state index in [1.807, 2.05) is 28.8 Å². The van der Waals surface area contributed by atoms with Crippen LogP contribution in [0.25, 0.3) is 11.0 Å². The van der Waals surface area contributed by atoms with Gasteiger partial charge in [-0.25, -0.2) is 4.98 Å². The number of hydrogen-bond acceptors (Lipinski definition) is 5. The molecule has 1 aromatic carbocycles. The van der Waals surface area contributed by atoms with Gasteiger partial charge in [0, 0.05) is 26.1 Å². The zero-order valence-corrected chi connectivity index (χ0v) is 16.9. The van der Waals surface area contributed by atoms with Crippen molar-refractivity contribution in [3.05, 3.63) is 48.4 Å². The maximum atomic E-state index is 12.4. The average molecular weight is 397 g/mol. The Labute approximate surface area is 169 Å². The highest BCUT2D eigenvalue weighted by Crippen LogP contribution is 2.19. The highest BCUT2D eigenvalue weighted by molar-refractivity contribution is 5.93. The molecule has 2 aromatic heterocycles. The molecule has 3 rings (SSSR count). The fraction of sp³-hybridized carbons (Fsp3) is 0.381. The second-order valence-electron chi connectivity index (χ2n) is 6.63. The maximum absolute atomic E-state index is 12.4. The van der Waals surface area contributed by atoms with E-state index in [9.17, 15) is 9.59 Å². The van der Waals surface area contributed by atoms with Crippen molar-refractivity contribution in [1.29, 1.82) is 0 Å². The number of anilines is 1. The molecule has 2 amide bonds. The van der Waals surface area contributed by atoms with Gasteiger partial charge in [-0.15, -0.1) is 0 Å². The minimum atomic E-state index is -0.339. The molecule has 154 valence electrons. The lowest BCUT2D eigenvalue weighted by Gasteiger charge is -2.19. The van der Waals surface area contributed by atoms with Gasteiger partial charge in [-0.2, -0.15) is 0 Å². The third-order valence-corrected chi connectivity index (χ3v) is 4.82. The molecular weight excluding hydrogens is 370 g/mol. The lowest BCUT2D eigenvalue weighted by atomic mass is 10.3.